The highest BCUT2D eigenvalue weighted by atomic mass is 35.5. The SMILES string of the molecule is CN(C)C(=O)c1ccc(Oc2ccc(Cl)cc2)c(N(CC(=O)NCCN2CCCC2)CC(=O)N(C)N2Cc3ccccc3C2)c1. The van der Waals surface area contributed by atoms with Gasteiger partial charge in [-0.05, 0) is 79.5 Å². The van der Waals surface area contributed by atoms with E-state index in [0.29, 0.717) is 47.4 Å². The maximum atomic E-state index is 13.8. The van der Waals surface area contributed by atoms with E-state index in [0.717, 1.165) is 19.6 Å². The fourth-order valence-corrected chi connectivity index (χ4v) is 5.76. The van der Waals surface area contributed by atoms with E-state index in [9.17, 15) is 14.4 Å². The van der Waals surface area contributed by atoms with Crippen molar-refractivity contribution in [2.45, 2.75) is 25.9 Å². The van der Waals surface area contributed by atoms with Gasteiger partial charge in [-0.3, -0.25) is 19.4 Å². The molecule has 45 heavy (non-hydrogen) atoms. The monoisotopic (exact) mass is 632 g/mol. The number of fused-ring (bicyclic) bond motifs is 1. The Balaban J connectivity index is 1.41. The number of carbonyl (C=O) groups excluding carboxylic acids is 3. The molecule has 1 fully saturated rings. The van der Waals surface area contributed by atoms with Gasteiger partial charge in [-0.25, -0.2) is 5.01 Å². The second kappa shape index (κ2) is 14.8. The first-order valence-electron chi connectivity index (χ1n) is 15.3. The number of likely N-dealkylation sites (N-methyl/N-ethyl adjacent to an activating group) is 1. The Kier molecular flexibility index (Phi) is 10.6. The smallest absolute Gasteiger partial charge is 0.256 e. The highest BCUT2D eigenvalue weighted by Crippen LogP contribution is 2.34. The Morgan fingerprint density at radius 1 is 0.889 bits per heavy atom. The van der Waals surface area contributed by atoms with E-state index >= 15 is 0 Å². The van der Waals surface area contributed by atoms with Crippen LogP contribution in [0, 0.1) is 0 Å². The molecule has 2 aliphatic rings. The van der Waals surface area contributed by atoms with Crippen LogP contribution in [0.4, 0.5) is 5.69 Å². The quantitative estimate of drug-likeness (QED) is 0.320. The van der Waals surface area contributed by atoms with Gasteiger partial charge in [0.05, 0.1) is 18.8 Å². The van der Waals surface area contributed by atoms with Crippen LogP contribution in [-0.2, 0) is 22.7 Å². The molecule has 0 aliphatic carbocycles. The number of carbonyl (C=O) groups is 3. The molecular weight excluding hydrogens is 592 g/mol. The Morgan fingerprint density at radius 2 is 1.56 bits per heavy atom. The van der Waals surface area contributed by atoms with Crippen molar-refractivity contribution in [2.75, 3.05) is 65.3 Å². The number of hydrogen-bond donors (Lipinski definition) is 1. The minimum atomic E-state index is -0.222. The van der Waals surface area contributed by atoms with Crippen molar-refractivity contribution in [3.05, 3.63) is 88.4 Å². The molecule has 5 rings (SSSR count). The van der Waals surface area contributed by atoms with Gasteiger partial charge in [0.15, 0.2) is 5.75 Å². The number of nitrogens with one attached hydrogen (secondary N) is 1. The summed E-state index contributed by atoms with van der Waals surface area (Å²) in [6.45, 7) is 4.40. The Bertz CT molecular complexity index is 1480. The van der Waals surface area contributed by atoms with Crippen LogP contribution >= 0.6 is 11.6 Å². The summed E-state index contributed by atoms with van der Waals surface area (Å²) in [5.74, 6) is 0.305. The van der Waals surface area contributed by atoms with Gasteiger partial charge in [0.1, 0.15) is 5.75 Å². The molecule has 0 bridgehead atoms. The molecule has 2 heterocycles. The third kappa shape index (κ3) is 8.33. The van der Waals surface area contributed by atoms with Crippen LogP contribution in [0.25, 0.3) is 0 Å². The third-order valence-corrected chi connectivity index (χ3v) is 8.46. The van der Waals surface area contributed by atoms with Gasteiger partial charge in [0.25, 0.3) is 11.8 Å². The summed E-state index contributed by atoms with van der Waals surface area (Å²) in [6, 6.07) is 20.1. The van der Waals surface area contributed by atoms with Gasteiger partial charge in [0.2, 0.25) is 5.91 Å². The molecule has 0 atom stereocenters. The van der Waals surface area contributed by atoms with E-state index in [1.165, 1.54) is 28.9 Å². The van der Waals surface area contributed by atoms with E-state index in [1.807, 2.05) is 17.1 Å². The normalized spacial score (nSPS) is 14.6. The molecule has 3 aromatic carbocycles. The van der Waals surface area contributed by atoms with Gasteiger partial charge in [0, 0.05) is 57.9 Å². The zero-order valence-corrected chi connectivity index (χ0v) is 26.9. The number of hydrogen-bond acceptors (Lipinski definition) is 7. The maximum Gasteiger partial charge on any atom is 0.256 e. The Labute approximate surface area is 270 Å². The van der Waals surface area contributed by atoms with E-state index in [2.05, 4.69) is 22.3 Å². The molecule has 0 aromatic heterocycles. The van der Waals surface area contributed by atoms with Gasteiger partial charge in [-0.2, -0.15) is 0 Å². The minimum Gasteiger partial charge on any atom is -0.455 e. The van der Waals surface area contributed by atoms with Gasteiger partial charge < -0.3 is 24.8 Å². The lowest BCUT2D eigenvalue weighted by Gasteiger charge is -2.32. The number of anilines is 1. The molecule has 10 nitrogen and oxygen atoms in total. The average Bonchev–Trinajstić information content (AvgIpc) is 3.71. The summed E-state index contributed by atoms with van der Waals surface area (Å²) >= 11 is 6.09. The van der Waals surface area contributed by atoms with E-state index in [4.69, 9.17) is 16.3 Å². The van der Waals surface area contributed by atoms with Crippen LogP contribution in [0.1, 0.15) is 34.3 Å². The molecule has 0 unspecified atom stereocenters. The lowest BCUT2D eigenvalue weighted by molar-refractivity contribution is -0.145. The molecule has 3 amide bonds. The second-order valence-electron chi connectivity index (χ2n) is 11.7. The number of halogens is 1. The van der Waals surface area contributed by atoms with Crippen molar-refractivity contribution in [2.24, 2.45) is 0 Å². The lowest BCUT2D eigenvalue weighted by Crippen LogP contribution is -2.48. The van der Waals surface area contributed by atoms with Gasteiger partial charge in [-0.1, -0.05) is 35.9 Å². The molecule has 0 spiro atoms. The summed E-state index contributed by atoms with van der Waals surface area (Å²) < 4.78 is 6.26. The van der Waals surface area contributed by atoms with Crippen LogP contribution in [0.15, 0.2) is 66.7 Å². The van der Waals surface area contributed by atoms with Crippen molar-refractivity contribution >= 4 is 35.0 Å². The standard InChI is InChI=1S/C34H41ClN6O4/c1-37(2)34(44)25-10-15-31(45-29-13-11-28(35)12-14-29)30(20-25)40(23-32(42)36-16-19-39-17-6-7-18-39)24-33(43)38(3)41-21-26-8-4-5-9-27(26)22-41/h4-5,8-15,20H,6-7,16-19,21-24H2,1-3H3,(H,36,42). The maximum absolute atomic E-state index is 13.8. The number of likely N-dealkylation sites (tertiary alicyclic amines) is 1. The van der Waals surface area contributed by atoms with Crippen molar-refractivity contribution < 1.29 is 19.1 Å². The molecule has 0 saturated carbocycles. The summed E-state index contributed by atoms with van der Waals surface area (Å²) in [5, 5.41) is 7.19. The fraction of sp³-hybridized carbons (Fsp3) is 0.382. The van der Waals surface area contributed by atoms with Crippen LogP contribution in [0.2, 0.25) is 5.02 Å². The number of ether oxygens (including phenoxy) is 1. The summed E-state index contributed by atoms with van der Waals surface area (Å²) in [5.41, 5.74) is 3.23. The van der Waals surface area contributed by atoms with Crippen LogP contribution in [-0.4, -0.2) is 98.0 Å². The predicted molar refractivity (Wildman–Crippen MR) is 175 cm³/mol. The molecule has 1 saturated heterocycles. The zero-order valence-electron chi connectivity index (χ0n) is 26.2. The van der Waals surface area contributed by atoms with E-state index in [1.54, 1.807) is 73.5 Å². The molecule has 238 valence electrons. The molecule has 1 N–H and O–H groups in total. The number of amides is 3. The van der Waals surface area contributed by atoms with Crippen LogP contribution in [0.5, 0.6) is 11.5 Å². The van der Waals surface area contributed by atoms with E-state index < -0.39 is 0 Å². The molecule has 2 aliphatic heterocycles. The largest absolute Gasteiger partial charge is 0.455 e. The molecular formula is C34H41ClN6O4. The number of hydrazine groups is 1. The number of benzene rings is 3. The van der Waals surface area contributed by atoms with Crippen molar-refractivity contribution in [3.8, 4) is 11.5 Å². The first-order valence-corrected chi connectivity index (χ1v) is 15.7. The van der Waals surface area contributed by atoms with E-state index in [-0.39, 0.29) is 30.8 Å². The highest BCUT2D eigenvalue weighted by molar-refractivity contribution is 6.30. The first kappa shape index (κ1) is 32.3. The number of rotatable bonds is 12. The molecule has 0 radical (unpaired) electrons. The van der Waals surface area contributed by atoms with Gasteiger partial charge in [-0.15, -0.1) is 0 Å². The second-order valence-corrected chi connectivity index (χ2v) is 12.1. The predicted octanol–water partition coefficient (Wildman–Crippen LogP) is 4.24. The first-order chi connectivity index (χ1) is 21.7. The highest BCUT2D eigenvalue weighted by Gasteiger charge is 2.28. The Morgan fingerprint density at radius 3 is 2.20 bits per heavy atom. The summed E-state index contributed by atoms with van der Waals surface area (Å²) in [7, 11) is 5.11. The zero-order chi connectivity index (χ0) is 31.9. The third-order valence-electron chi connectivity index (χ3n) is 8.21. The minimum absolute atomic E-state index is 0.101. The lowest BCUT2D eigenvalue weighted by atomic mass is 10.1. The fourth-order valence-electron chi connectivity index (χ4n) is 5.64. The van der Waals surface area contributed by atoms with Crippen molar-refractivity contribution in [1.82, 2.24) is 25.1 Å². The van der Waals surface area contributed by atoms with Crippen LogP contribution < -0.4 is 15.0 Å². The average molecular weight is 633 g/mol. The van der Waals surface area contributed by atoms with Gasteiger partial charge >= 0.3 is 0 Å². The Hall–Kier alpha value is -4.12. The topological polar surface area (TPSA) is 88.7 Å². The van der Waals surface area contributed by atoms with Crippen LogP contribution in [0.3, 0.4) is 0 Å². The summed E-state index contributed by atoms with van der Waals surface area (Å²) in [4.78, 5) is 45.7. The molecule has 11 heteroatoms. The van der Waals surface area contributed by atoms with Crippen molar-refractivity contribution in [1.29, 1.82) is 0 Å². The number of nitrogens with zero attached hydrogens (tertiary/aromatic N) is 5. The summed E-state index contributed by atoms with van der Waals surface area (Å²) in [6.07, 6.45) is 2.36. The van der Waals surface area contributed by atoms with Crippen molar-refractivity contribution in [3.63, 3.8) is 0 Å². The molecule has 3 aromatic rings.